The molecule has 1 aliphatic rings. The number of halogens is 1. The summed E-state index contributed by atoms with van der Waals surface area (Å²) in [5, 5.41) is 2.90. The van der Waals surface area contributed by atoms with Gasteiger partial charge in [0.2, 0.25) is 0 Å². The van der Waals surface area contributed by atoms with E-state index in [2.05, 4.69) is 36.0 Å². The van der Waals surface area contributed by atoms with E-state index in [-0.39, 0.29) is 35.9 Å². The summed E-state index contributed by atoms with van der Waals surface area (Å²) in [6.07, 6.45) is 2.00. The van der Waals surface area contributed by atoms with Crippen LogP contribution in [0, 0.1) is 11.8 Å². The van der Waals surface area contributed by atoms with Gasteiger partial charge >= 0.3 is 6.09 Å². The van der Waals surface area contributed by atoms with Crippen LogP contribution in [0.5, 0.6) is 0 Å². The maximum absolute atomic E-state index is 11.9. The van der Waals surface area contributed by atoms with Gasteiger partial charge in [0.1, 0.15) is 5.60 Å². The second-order valence-corrected chi connectivity index (χ2v) is 7.89. The highest BCUT2D eigenvalue weighted by Gasteiger charge is 2.22. The molecule has 1 fully saturated rings. The molecule has 6 nitrogen and oxygen atoms in total. The number of carbonyl (C=O) groups excluding carboxylic acids is 1. The first-order chi connectivity index (χ1) is 10.6. The minimum atomic E-state index is -0.502. The lowest BCUT2D eigenvalue weighted by atomic mass is 10.0. The summed E-state index contributed by atoms with van der Waals surface area (Å²) in [6.45, 7) is 14.3. The average Bonchev–Trinajstić information content (AvgIpc) is 2.40. The van der Waals surface area contributed by atoms with Crippen LogP contribution in [0.3, 0.4) is 0 Å². The van der Waals surface area contributed by atoms with Crippen molar-refractivity contribution >= 4 is 36.0 Å². The fourth-order valence-electron chi connectivity index (χ4n) is 2.57. The van der Waals surface area contributed by atoms with Gasteiger partial charge in [-0.25, -0.2) is 4.79 Å². The molecule has 2 unspecified atom stereocenters. The van der Waals surface area contributed by atoms with Crippen molar-refractivity contribution in [2.75, 3.05) is 19.6 Å². The highest BCUT2D eigenvalue weighted by atomic mass is 127. The Morgan fingerprint density at radius 2 is 2.04 bits per heavy atom. The molecular weight excluding hydrogens is 419 g/mol. The summed E-state index contributed by atoms with van der Waals surface area (Å²) in [6, 6.07) is -0.0920. The number of amides is 1. The quantitative estimate of drug-likeness (QED) is 0.389. The monoisotopic (exact) mass is 454 g/mol. The van der Waals surface area contributed by atoms with Gasteiger partial charge < -0.3 is 20.7 Å². The molecule has 1 rings (SSSR count). The molecule has 1 heterocycles. The Morgan fingerprint density at radius 1 is 1.42 bits per heavy atom. The smallest absolute Gasteiger partial charge is 0.407 e. The molecule has 7 heteroatoms. The summed E-state index contributed by atoms with van der Waals surface area (Å²) in [4.78, 5) is 18.6. The minimum Gasteiger partial charge on any atom is -0.444 e. The average molecular weight is 454 g/mol. The van der Waals surface area contributed by atoms with Crippen molar-refractivity contribution in [1.82, 2.24) is 10.2 Å². The molecule has 1 aliphatic heterocycles. The van der Waals surface area contributed by atoms with Crippen molar-refractivity contribution < 1.29 is 9.53 Å². The van der Waals surface area contributed by atoms with Crippen LogP contribution in [0.1, 0.15) is 54.4 Å². The molecule has 0 aliphatic carbocycles. The molecule has 3 N–H and O–H groups in total. The molecule has 0 radical (unpaired) electrons. The van der Waals surface area contributed by atoms with E-state index < -0.39 is 11.7 Å². The Labute approximate surface area is 164 Å². The first-order valence-corrected chi connectivity index (χ1v) is 8.63. The number of piperidine rings is 1. The number of nitrogens with zero attached hydrogens (tertiary/aromatic N) is 2. The van der Waals surface area contributed by atoms with Crippen molar-refractivity contribution in [3.8, 4) is 0 Å². The van der Waals surface area contributed by atoms with Crippen molar-refractivity contribution in [1.29, 1.82) is 0 Å². The third-order valence-corrected chi connectivity index (χ3v) is 3.94. The van der Waals surface area contributed by atoms with E-state index in [0.717, 1.165) is 19.5 Å². The fourth-order valence-corrected chi connectivity index (χ4v) is 2.57. The van der Waals surface area contributed by atoms with Gasteiger partial charge in [-0.3, -0.25) is 4.99 Å². The third-order valence-electron chi connectivity index (χ3n) is 3.94. The normalized spacial score (nSPS) is 20.4. The number of ether oxygens (including phenoxy) is 1. The van der Waals surface area contributed by atoms with Crippen LogP contribution in [0.15, 0.2) is 4.99 Å². The van der Waals surface area contributed by atoms with E-state index in [1.165, 1.54) is 6.42 Å². The second-order valence-electron chi connectivity index (χ2n) is 7.89. The number of hydrogen-bond donors (Lipinski definition) is 2. The third kappa shape index (κ3) is 8.94. The second kappa shape index (κ2) is 10.3. The molecule has 2 atom stereocenters. The SMILES string of the molecule is CC1CCCN(C(N)=NCC(NC(=O)OC(C)(C)C)C(C)C)C1.I. The van der Waals surface area contributed by atoms with Gasteiger partial charge in [-0.05, 0) is 45.4 Å². The lowest BCUT2D eigenvalue weighted by Crippen LogP contribution is -2.46. The molecule has 142 valence electrons. The molecule has 0 saturated carbocycles. The van der Waals surface area contributed by atoms with Crippen molar-refractivity contribution in [3.63, 3.8) is 0 Å². The van der Waals surface area contributed by atoms with E-state index in [0.29, 0.717) is 18.4 Å². The zero-order chi connectivity index (χ0) is 17.6. The highest BCUT2D eigenvalue weighted by Crippen LogP contribution is 2.15. The van der Waals surface area contributed by atoms with Crippen LogP contribution in [-0.2, 0) is 4.74 Å². The lowest BCUT2D eigenvalue weighted by Gasteiger charge is -2.32. The predicted octanol–water partition coefficient (Wildman–Crippen LogP) is 3.20. The number of likely N-dealkylation sites (tertiary alicyclic amines) is 1. The molecule has 1 amide bonds. The van der Waals surface area contributed by atoms with Crippen LogP contribution in [-0.4, -0.2) is 48.2 Å². The van der Waals surface area contributed by atoms with Gasteiger partial charge in [0.25, 0.3) is 0 Å². The molecule has 1 saturated heterocycles. The van der Waals surface area contributed by atoms with E-state index >= 15 is 0 Å². The number of hydrogen-bond acceptors (Lipinski definition) is 3. The van der Waals surface area contributed by atoms with Gasteiger partial charge in [0.05, 0.1) is 12.6 Å². The standard InChI is InChI=1S/C17H34N4O2.HI/c1-12(2)14(20-16(22)23-17(4,5)6)10-19-15(18)21-9-7-8-13(3)11-21;/h12-14H,7-11H2,1-6H3,(H2,18,19)(H,20,22);1H. The summed E-state index contributed by atoms with van der Waals surface area (Å²) >= 11 is 0. The number of guanidine groups is 1. The van der Waals surface area contributed by atoms with Gasteiger partial charge in [-0.15, -0.1) is 24.0 Å². The minimum absolute atomic E-state index is 0. The number of alkyl carbamates (subject to hydrolysis) is 1. The van der Waals surface area contributed by atoms with Crippen molar-refractivity contribution in [2.45, 2.75) is 66.0 Å². The summed E-state index contributed by atoms with van der Waals surface area (Å²) in [5.74, 6) is 1.48. The number of nitrogens with two attached hydrogens (primary N) is 1. The van der Waals surface area contributed by atoms with Crippen molar-refractivity contribution in [3.05, 3.63) is 0 Å². The molecule has 0 spiro atoms. The zero-order valence-electron chi connectivity index (χ0n) is 16.0. The highest BCUT2D eigenvalue weighted by molar-refractivity contribution is 14.0. The van der Waals surface area contributed by atoms with Crippen LogP contribution < -0.4 is 11.1 Å². The first-order valence-electron chi connectivity index (χ1n) is 8.63. The lowest BCUT2D eigenvalue weighted by molar-refractivity contribution is 0.0493. The Balaban J connectivity index is 0.00000529. The Bertz CT molecular complexity index is 421. The van der Waals surface area contributed by atoms with Gasteiger partial charge in [-0.2, -0.15) is 0 Å². The molecular formula is C17H35IN4O2. The Morgan fingerprint density at radius 3 is 2.54 bits per heavy atom. The largest absolute Gasteiger partial charge is 0.444 e. The van der Waals surface area contributed by atoms with Gasteiger partial charge in [0.15, 0.2) is 5.96 Å². The van der Waals surface area contributed by atoms with Crippen LogP contribution >= 0.6 is 24.0 Å². The van der Waals surface area contributed by atoms with Crippen molar-refractivity contribution in [2.24, 2.45) is 22.6 Å². The van der Waals surface area contributed by atoms with Crippen LogP contribution in [0.2, 0.25) is 0 Å². The fraction of sp³-hybridized carbons (Fsp3) is 0.882. The zero-order valence-corrected chi connectivity index (χ0v) is 18.3. The van der Waals surface area contributed by atoms with E-state index in [4.69, 9.17) is 10.5 Å². The Kier molecular flexibility index (Phi) is 9.99. The predicted molar refractivity (Wildman–Crippen MR) is 110 cm³/mol. The summed E-state index contributed by atoms with van der Waals surface area (Å²) in [7, 11) is 0. The van der Waals surface area contributed by atoms with E-state index in [1.807, 2.05) is 20.8 Å². The molecule has 24 heavy (non-hydrogen) atoms. The van der Waals surface area contributed by atoms with E-state index in [1.54, 1.807) is 0 Å². The topological polar surface area (TPSA) is 80.0 Å². The Hall–Kier alpha value is -0.730. The molecule has 0 aromatic rings. The van der Waals surface area contributed by atoms with E-state index in [9.17, 15) is 4.79 Å². The number of aliphatic imine (C=N–C) groups is 1. The number of nitrogens with one attached hydrogen (secondary N) is 1. The van der Waals surface area contributed by atoms with Crippen LogP contribution in [0.25, 0.3) is 0 Å². The molecule has 0 bridgehead atoms. The molecule has 0 aromatic carbocycles. The maximum Gasteiger partial charge on any atom is 0.407 e. The molecule has 0 aromatic heterocycles. The number of carbonyl (C=O) groups is 1. The first kappa shape index (κ1) is 23.3. The summed E-state index contributed by atoms with van der Waals surface area (Å²) < 4.78 is 5.32. The summed E-state index contributed by atoms with van der Waals surface area (Å²) in [5.41, 5.74) is 5.62. The van der Waals surface area contributed by atoms with Gasteiger partial charge in [-0.1, -0.05) is 20.8 Å². The van der Waals surface area contributed by atoms with Gasteiger partial charge in [0, 0.05) is 13.1 Å². The maximum atomic E-state index is 11.9. The van der Waals surface area contributed by atoms with Crippen LogP contribution in [0.4, 0.5) is 4.79 Å². The number of rotatable bonds is 4.